The highest BCUT2D eigenvalue weighted by molar-refractivity contribution is 6.01. The van der Waals surface area contributed by atoms with Crippen molar-refractivity contribution in [3.05, 3.63) is 76.7 Å². The van der Waals surface area contributed by atoms with Crippen molar-refractivity contribution in [3.63, 3.8) is 0 Å². The molecule has 11 heteroatoms. The van der Waals surface area contributed by atoms with Crippen LogP contribution in [0.15, 0.2) is 59.2 Å². The first kappa shape index (κ1) is 28.5. The van der Waals surface area contributed by atoms with E-state index in [-0.39, 0.29) is 30.8 Å². The molecule has 0 aromatic heterocycles. The van der Waals surface area contributed by atoms with Gasteiger partial charge >= 0.3 is 12.1 Å². The predicted octanol–water partition coefficient (Wildman–Crippen LogP) is 1.05. The van der Waals surface area contributed by atoms with Crippen LogP contribution in [0, 0.1) is 17.7 Å². The fourth-order valence-corrected chi connectivity index (χ4v) is 3.74. The monoisotopic (exact) mass is 524 g/mol. The highest BCUT2D eigenvalue weighted by Gasteiger charge is 2.42. The fraction of sp³-hybridized carbons (Fsp3) is 0.296. The van der Waals surface area contributed by atoms with Crippen molar-refractivity contribution in [1.29, 1.82) is 0 Å². The number of aliphatic hydroxyl groups is 4. The van der Waals surface area contributed by atoms with Gasteiger partial charge in [-0.15, -0.1) is 0 Å². The van der Waals surface area contributed by atoms with Crippen LogP contribution in [0.25, 0.3) is 0 Å². The Balaban J connectivity index is 1.79. The molecule has 0 bridgehead atoms. The number of anilines is 1. The van der Waals surface area contributed by atoms with Gasteiger partial charge in [0.15, 0.2) is 0 Å². The number of halogens is 1. The lowest BCUT2D eigenvalue weighted by atomic mass is 10.0. The van der Waals surface area contributed by atoms with Crippen molar-refractivity contribution in [2.75, 3.05) is 4.90 Å². The van der Waals surface area contributed by atoms with Crippen molar-refractivity contribution >= 4 is 23.8 Å². The molecule has 2 aromatic rings. The third kappa shape index (κ3) is 7.71. The molecule has 0 spiro atoms. The Morgan fingerprint density at radius 3 is 2.50 bits per heavy atom. The molecule has 1 aliphatic heterocycles. The van der Waals surface area contributed by atoms with Crippen LogP contribution in [0.4, 0.5) is 14.9 Å². The maximum atomic E-state index is 13.2. The quantitative estimate of drug-likeness (QED) is 0.193. The van der Waals surface area contributed by atoms with E-state index >= 15 is 0 Å². The lowest BCUT2D eigenvalue weighted by Crippen LogP contribution is -2.58. The van der Waals surface area contributed by atoms with Gasteiger partial charge in [-0.3, -0.25) is 4.79 Å². The largest absolute Gasteiger partial charge is 0.404 e. The maximum Gasteiger partial charge on any atom is 0.376 e. The molecule has 7 N–H and O–H groups in total. The molecular formula is C27H29FN4O6. The van der Waals surface area contributed by atoms with Gasteiger partial charge < -0.3 is 31.5 Å². The highest BCUT2D eigenvalue weighted by atomic mass is 19.1. The minimum Gasteiger partial charge on any atom is -0.404 e. The molecule has 3 amide bonds. The van der Waals surface area contributed by atoms with Crippen molar-refractivity contribution in [2.45, 2.75) is 50.8 Å². The molecule has 10 nitrogen and oxygen atoms in total. The molecule has 0 saturated carbocycles. The van der Waals surface area contributed by atoms with Gasteiger partial charge in [-0.25, -0.2) is 19.1 Å². The van der Waals surface area contributed by atoms with Crippen LogP contribution in [-0.4, -0.2) is 56.3 Å². The van der Waals surface area contributed by atoms with E-state index in [9.17, 15) is 34.4 Å². The van der Waals surface area contributed by atoms with Crippen LogP contribution in [0.2, 0.25) is 0 Å². The summed E-state index contributed by atoms with van der Waals surface area (Å²) in [7, 11) is 0. The third-order valence-electron chi connectivity index (χ3n) is 5.54. The van der Waals surface area contributed by atoms with E-state index in [0.29, 0.717) is 21.6 Å². The second kappa shape index (κ2) is 11.5. The van der Waals surface area contributed by atoms with E-state index in [0.717, 1.165) is 5.56 Å². The van der Waals surface area contributed by atoms with Crippen LogP contribution in [0.1, 0.15) is 37.0 Å². The van der Waals surface area contributed by atoms with Crippen LogP contribution < -0.4 is 16.0 Å². The van der Waals surface area contributed by atoms with Crippen LogP contribution >= 0.6 is 0 Å². The number of nitrogens with two attached hydrogens (primary N) is 1. The van der Waals surface area contributed by atoms with Crippen molar-refractivity contribution in [2.24, 2.45) is 10.7 Å². The first-order valence-corrected chi connectivity index (χ1v) is 11.7. The highest BCUT2D eigenvalue weighted by Crippen LogP contribution is 2.31. The zero-order chi connectivity index (χ0) is 28.1. The molecular weight excluding hydrogens is 495 g/mol. The number of aliphatic imine (C=N–C) groups is 1. The van der Waals surface area contributed by atoms with Gasteiger partial charge in [0, 0.05) is 18.2 Å². The molecule has 1 unspecified atom stereocenters. The van der Waals surface area contributed by atoms with E-state index in [2.05, 4.69) is 22.2 Å². The number of carbonyl (C=O) groups excluding carboxylic acids is 2. The zero-order valence-corrected chi connectivity index (χ0v) is 20.8. The Labute approximate surface area is 218 Å². The first-order chi connectivity index (χ1) is 17.8. The maximum absolute atomic E-state index is 13.2. The normalized spacial score (nSPS) is 16.5. The van der Waals surface area contributed by atoms with E-state index in [1.807, 2.05) is 0 Å². The summed E-state index contributed by atoms with van der Waals surface area (Å²) < 4.78 is 13.1. The van der Waals surface area contributed by atoms with Crippen LogP contribution in [-0.2, 0) is 17.6 Å². The summed E-state index contributed by atoms with van der Waals surface area (Å²) in [6, 6.07) is 8.16. The molecule has 0 radical (unpaired) electrons. The minimum absolute atomic E-state index is 0.0158. The molecule has 1 atom stereocenters. The van der Waals surface area contributed by atoms with Crippen LogP contribution in [0.5, 0.6) is 0 Å². The number of carbonyl (C=O) groups is 2. The summed E-state index contributed by atoms with van der Waals surface area (Å²) in [4.78, 5) is 29.9. The van der Waals surface area contributed by atoms with E-state index < -0.39 is 29.7 Å². The summed E-state index contributed by atoms with van der Waals surface area (Å²) in [5, 5.41) is 42.3. The number of nitrogens with one attached hydrogen (secondary N) is 1. The molecule has 2 aromatic carbocycles. The Bertz CT molecular complexity index is 1310. The summed E-state index contributed by atoms with van der Waals surface area (Å²) >= 11 is 0. The van der Waals surface area contributed by atoms with Gasteiger partial charge in [-0.1, -0.05) is 30.0 Å². The lowest BCUT2D eigenvalue weighted by molar-refractivity contribution is -0.306. The summed E-state index contributed by atoms with van der Waals surface area (Å²) in [5.41, 5.74) is 6.33. The summed E-state index contributed by atoms with van der Waals surface area (Å²) in [6.45, 7) is 2.98. The van der Waals surface area contributed by atoms with Crippen molar-refractivity contribution < 1.29 is 34.4 Å². The molecule has 200 valence electrons. The van der Waals surface area contributed by atoms with E-state index in [4.69, 9.17) is 5.73 Å². The fourth-order valence-electron chi connectivity index (χ4n) is 3.74. The number of nitrogens with zero attached hydrogens (tertiary/aromatic N) is 2. The number of fused-ring (bicyclic) bond motifs is 1. The molecule has 38 heavy (non-hydrogen) atoms. The molecule has 1 heterocycles. The van der Waals surface area contributed by atoms with Crippen molar-refractivity contribution in [1.82, 2.24) is 5.32 Å². The van der Waals surface area contributed by atoms with Gasteiger partial charge in [0.25, 0.3) is 5.91 Å². The number of benzene rings is 2. The topological polar surface area (TPSA) is 169 Å². The van der Waals surface area contributed by atoms with Gasteiger partial charge in [0.05, 0.1) is 5.69 Å². The molecule has 0 aliphatic carbocycles. The lowest BCUT2D eigenvalue weighted by Gasteiger charge is -2.32. The average Bonchev–Trinajstić information content (AvgIpc) is 2.97. The van der Waals surface area contributed by atoms with Gasteiger partial charge in [-0.2, -0.15) is 0 Å². The van der Waals surface area contributed by atoms with Gasteiger partial charge in [0.2, 0.25) is 0 Å². The number of rotatable bonds is 5. The molecule has 1 aliphatic rings. The molecule has 0 saturated heterocycles. The Kier molecular flexibility index (Phi) is 8.65. The minimum atomic E-state index is -3.57. The third-order valence-corrected chi connectivity index (χ3v) is 5.54. The van der Waals surface area contributed by atoms with Crippen molar-refractivity contribution in [3.8, 4) is 11.8 Å². The summed E-state index contributed by atoms with van der Waals surface area (Å²) in [5.74, 6) is 3.97. The van der Waals surface area contributed by atoms with Crippen LogP contribution in [0.3, 0.4) is 0 Å². The SMILES string of the molecule is CC(C)(O)C#Cc1ccc2c(c1)N(C(O)(O)O)C(=O)C(NC(=O)/N=C/C(=C\N)Cc1ccc(F)cc1)CC2. The van der Waals surface area contributed by atoms with E-state index in [1.54, 1.807) is 24.3 Å². The first-order valence-electron chi connectivity index (χ1n) is 11.7. The Hall–Kier alpha value is -4.08. The van der Waals surface area contributed by atoms with Gasteiger partial charge in [-0.05, 0) is 73.9 Å². The number of allylic oxidation sites excluding steroid dienone is 1. The number of aryl methyl sites for hydroxylation is 1. The Morgan fingerprint density at radius 2 is 1.89 bits per heavy atom. The van der Waals surface area contributed by atoms with Gasteiger partial charge in [0.1, 0.15) is 17.5 Å². The Morgan fingerprint density at radius 1 is 1.21 bits per heavy atom. The second-order valence-electron chi connectivity index (χ2n) is 9.27. The number of urea groups is 1. The zero-order valence-electron chi connectivity index (χ0n) is 20.8. The number of hydrogen-bond donors (Lipinski definition) is 6. The second-order valence-corrected chi connectivity index (χ2v) is 9.27. The van der Waals surface area contributed by atoms with E-state index in [1.165, 1.54) is 44.5 Å². The average molecular weight is 525 g/mol. The predicted molar refractivity (Wildman–Crippen MR) is 138 cm³/mol. The standard InChI is InChI=1S/C27H29FN4O6/c1-26(2,35)12-11-18-3-6-20-7-10-22(24(33)32(23(20)14-18)27(36,37)38)31-25(34)30-16-19(15-29)13-17-4-8-21(28)9-5-17/h3-6,8-9,14-16,22,35-38H,7,10,13,29H2,1-2H3,(H,31,34)/b19-15-,30-16+. The smallest absolute Gasteiger partial charge is 0.376 e. The summed E-state index contributed by atoms with van der Waals surface area (Å²) in [6.07, 6.45) is -0.543. The molecule has 0 fully saturated rings. The number of hydrogen-bond acceptors (Lipinski definition) is 7. The number of amides is 3. The molecule has 3 rings (SSSR count).